The lowest BCUT2D eigenvalue weighted by atomic mass is 10.0. The molecule has 0 spiro atoms. The Hall–Kier alpha value is -1.83. The molecule has 112 valence electrons. The maximum atomic E-state index is 12.6. The summed E-state index contributed by atoms with van der Waals surface area (Å²) in [4.78, 5) is 14.4. The zero-order valence-electron chi connectivity index (χ0n) is 12.7. The van der Waals surface area contributed by atoms with Crippen LogP contribution in [-0.4, -0.2) is 47.8 Å². The van der Waals surface area contributed by atoms with Crippen molar-refractivity contribution in [3.05, 3.63) is 34.9 Å². The first-order chi connectivity index (χ1) is 10.0. The van der Waals surface area contributed by atoms with E-state index < -0.39 is 0 Å². The third-order valence-electron chi connectivity index (χ3n) is 3.49. The predicted molar refractivity (Wildman–Crippen MR) is 81.1 cm³/mol. The minimum Gasteiger partial charge on any atom is -0.384 e. The normalized spacial score (nSPS) is 21.6. The van der Waals surface area contributed by atoms with Gasteiger partial charge in [0.05, 0.1) is 12.2 Å². The van der Waals surface area contributed by atoms with Crippen molar-refractivity contribution in [2.75, 3.05) is 19.7 Å². The molecule has 1 N–H and O–H groups in total. The average molecular weight is 287 g/mol. The molecule has 1 aromatic rings. The number of ether oxygens (including phenoxy) is 1. The SMILES string of the molecule is Cc1ccc(C(=O)N2CC(C)OC(C)C2)cc1C#CCO. The number of hydrogen-bond donors (Lipinski definition) is 1. The molecule has 0 saturated carbocycles. The van der Waals surface area contributed by atoms with Crippen molar-refractivity contribution in [1.82, 2.24) is 4.90 Å². The number of benzene rings is 1. The lowest BCUT2D eigenvalue weighted by Gasteiger charge is -2.35. The first kappa shape index (κ1) is 15.6. The van der Waals surface area contributed by atoms with Crippen LogP contribution in [0.25, 0.3) is 0 Å². The van der Waals surface area contributed by atoms with E-state index in [0.717, 1.165) is 11.1 Å². The topological polar surface area (TPSA) is 49.8 Å². The van der Waals surface area contributed by atoms with Crippen LogP contribution in [0.15, 0.2) is 18.2 Å². The maximum absolute atomic E-state index is 12.6. The predicted octanol–water partition coefficient (Wildman–Crippen LogP) is 1.59. The number of rotatable bonds is 1. The molecule has 0 aromatic heterocycles. The van der Waals surface area contributed by atoms with E-state index in [1.807, 2.05) is 37.8 Å². The molecule has 1 aliphatic heterocycles. The lowest BCUT2D eigenvalue weighted by Crippen LogP contribution is -2.48. The fourth-order valence-electron chi connectivity index (χ4n) is 2.55. The van der Waals surface area contributed by atoms with Gasteiger partial charge in [0, 0.05) is 24.2 Å². The van der Waals surface area contributed by atoms with E-state index in [4.69, 9.17) is 9.84 Å². The number of carbonyl (C=O) groups excluding carboxylic acids is 1. The second-order valence-corrected chi connectivity index (χ2v) is 5.46. The number of aliphatic hydroxyl groups is 1. The van der Waals surface area contributed by atoms with Crippen LogP contribution in [0.5, 0.6) is 0 Å². The molecular formula is C17H21NO3. The summed E-state index contributed by atoms with van der Waals surface area (Å²) < 4.78 is 5.65. The first-order valence-corrected chi connectivity index (χ1v) is 7.16. The van der Waals surface area contributed by atoms with Gasteiger partial charge in [0.2, 0.25) is 0 Å². The molecule has 2 rings (SSSR count). The highest BCUT2D eigenvalue weighted by atomic mass is 16.5. The Balaban J connectivity index is 2.23. The Kier molecular flexibility index (Phi) is 5.00. The Bertz CT molecular complexity index is 575. The van der Waals surface area contributed by atoms with E-state index in [9.17, 15) is 4.79 Å². The van der Waals surface area contributed by atoms with Crippen molar-refractivity contribution in [3.8, 4) is 11.8 Å². The highest BCUT2D eigenvalue weighted by Gasteiger charge is 2.26. The summed E-state index contributed by atoms with van der Waals surface area (Å²) in [7, 11) is 0. The van der Waals surface area contributed by atoms with Gasteiger partial charge in [0.25, 0.3) is 5.91 Å². The molecule has 0 radical (unpaired) electrons. The second-order valence-electron chi connectivity index (χ2n) is 5.46. The third-order valence-corrected chi connectivity index (χ3v) is 3.49. The van der Waals surface area contributed by atoms with Crippen LogP contribution < -0.4 is 0 Å². The molecular weight excluding hydrogens is 266 g/mol. The van der Waals surface area contributed by atoms with Gasteiger partial charge in [-0.2, -0.15) is 0 Å². The van der Waals surface area contributed by atoms with Crippen molar-refractivity contribution in [3.63, 3.8) is 0 Å². The zero-order chi connectivity index (χ0) is 15.4. The fraction of sp³-hybridized carbons (Fsp3) is 0.471. The molecule has 1 fully saturated rings. The van der Waals surface area contributed by atoms with Crippen LogP contribution in [-0.2, 0) is 4.74 Å². The van der Waals surface area contributed by atoms with E-state index in [0.29, 0.717) is 18.7 Å². The van der Waals surface area contributed by atoms with Crippen molar-refractivity contribution in [2.24, 2.45) is 0 Å². The summed E-state index contributed by atoms with van der Waals surface area (Å²) in [6, 6.07) is 5.51. The quantitative estimate of drug-likeness (QED) is 0.798. The van der Waals surface area contributed by atoms with Gasteiger partial charge in [-0.3, -0.25) is 4.79 Å². The Morgan fingerprint density at radius 3 is 2.67 bits per heavy atom. The molecule has 1 saturated heterocycles. The van der Waals surface area contributed by atoms with Crippen LogP contribution in [0.2, 0.25) is 0 Å². The molecule has 1 heterocycles. The Labute approximate surface area is 125 Å². The summed E-state index contributed by atoms with van der Waals surface area (Å²) >= 11 is 0. The zero-order valence-corrected chi connectivity index (χ0v) is 12.7. The highest BCUT2D eigenvalue weighted by molar-refractivity contribution is 5.94. The minimum absolute atomic E-state index is 0.00375. The van der Waals surface area contributed by atoms with E-state index in [2.05, 4.69) is 11.8 Å². The van der Waals surface area contributed by atoms with Gasteiger partial charge in [-0.05, 0) is 38.5 Å². The van der Waals surface area contributed by atoms with Gasteiger partial charge < -0.3 is 14.7 Å². The van der Waals surface area contributed by atoms with Gasteiger partial charge in [0.15, 0.2) is 0 Å². The number of morpholine rings is 1. The van der Waals surface area contributed by atoms with E-state index in [-0.39, 0.29) is 24.7 Å². The summed E-state index contributed by atoms with van der Waals surface area (Å²) in [5, 5.41) is 8.80. The third kappa shape index (κ3) is 3.84. The Morgan fingerprint density at radius 1 is 1.38 bits per heavy atom. The van der Waals surface area contributed by atoms with Crippen LogP contribution in [0.1, 0.15) is 35.3 Å². The summed E-state index contributed by atoms with van der Waals surface area (Å²) in [6.07, 6.45) is 0.105. The number of nitrogens with zero attached hydrogens (tertiary/aromatic N) is 1. The summed E-state index contributed by atoms with van der Waals surface area (Å²) in [5.41, 5.74) is 2.41. The molecule has 1 aromatic carbocycles. The van der Waals surface area contributed by atoms with Crippen LogP contribution in [0.3, 0.4) is 0 Å². The standard InChI is InChI=1S/C17H21NO3/c1-12-6-7-16(9-15(12)5-4-8-19)17(20)18-10-13(2)21-14(3)11-18/h6-7,9,13-14,19H,8,10-11H2,1-3H3. The van der Waals surface area contributed by atoms with Crippen molar-refractivity contribution in [2.45, 2.75) is 33.0 Å². The van der Waals surface area contributed by atoms with Gasteiger partial charge in [-0.25, -0.2) is 0 Å². The van der Waals surface area contributed by atoms with Gasteiger partial charge in [-0.15, -0.1) is 0 Å². The molecule has 2 unspecified atom stereocenters. The fourth-order valence-corrected chi connectivity index (χ4v) is 2.55. The van der Waals surface area contributed by atoms with Crippen molar-refractivity contribution in [1.29, 1.82) is 0 Å². The molecule has 0 aliphatic carbocycles. The molecule has 21 heavy (non-hydrogen) atoms. The number of aliphatic hydroxyl groups excluding tert-OH is 1. The van der Waals surface area contributed by atoms with Crippen LogP contribution in [0, 0.1) is 18.8 Å². The van der Waals surface area contributed by atoms with E-state index >= 15 is 0 Å². The van der Waals surface area contributed by atoms with Gasteiger partial charge in [-0.1, -0.05) is 17.9 Å². The van der Waals surface area contributed by atoms with E-state index in [1.54, 1.807) is 6.07 Å². The molecule has 1 aliphatic rings. The second kappa shape index (κ2) is 6.75. The molecule has 4 heteroatoms. The average Bonchev–Trinajstić information content (AvgIpc) is 2.44. The number of aryl methyl sites for hydroxylation is 1. The van der Waals surface area contributed by atoms with Gasteiger partial charge >= 0.3 is 0 Å². The maximum Gasteiger partial charge on any atom is 0.254 e. The lowest BCUT2D eigenvalue weighted by molar-refractivity contribution is -0.0586. The number of carbonyl (C=O) groups is 1. The van der Waals surface area contributed by atoms with Crippen molar-refractivity contribution < 1.29 is 14.6 Å². The largest absolute Gasteiger partial charge is 0.384 e. The number of amides is 1. The molecule has 0 bridgehead atoms. The highest BCUT2D eigenvalue weighted by Crippen LogP contribution is 2.16. The van der Waals surface area contributed by atoms with Crippen LogP contribution in [0.4, 0.5) is 0 Å². The Morgan fingerprint density at radius 2 is 2.05 bits per heavy atom. The molecule has 4 nitrogen and oxygen atoms in total. The summed E-state index contributed by atoms with van der Waals surface area (Å²) in [6.45, 7) is 6.92. The summed E-state index contributed by atoms with van der Waals surface area (Å²) in [5.74, 6) is 5.51. The monoisotopic (exact) mass is 287 g/mol. The van der Waals surface area contributed by atoms with E-state index in [1.165, 1.54) is 0 Å². The molecule has 2 atom stereocenters. The number of hydrogen-bond acceptors (Lipinski definition) is 3. The molecule has 1 amide bonds. The van der Waals surface area contributed by atoms with Crippen LogP contribution >= 0.6 is 0 Å². The van der Waals surface area contributed by atoms with Gasteiger partial charge in [0.1, 0.15) is 6.61 Å². The first-order valence-electron chi connectivity index (χ1n) is 7.16. The smallest absolute Gasteiger partial charge is 0.254 e. The minimum atomic E-state index is -0.184. The van der Waals surface area contributed by atoms with Crippen molar-refractivity contribution >= 4 is 5.91 Å².